The van der Waals surface area contributed by atoms with Gasteiger partial charge < -0.3 is 25.3 Å². The number of rotatable bonds is 9. The molecule has 1 atom stereocenters. The van der Waals surface area contributed by atoms with Gasteiger partial charge in [0, 0.05) is 19.5 Å². The summed E-state index contributed by atoms with van der Waals surface area (Å²) >= 11 is 0. The molecule has 10 heteroatoms. The highest BCUT2D eigenvalue weighted by Gasteiger charge is 2.33. The fraction of sp³-hybridized carbons (Fsp3) is 0.387. The van der Waals surface area contributed by atoms with E-state index in [0.29, 0.717) is 47.9 Å². The molecule has 222 valence electrons. The Hall–Kier alpha value is -3.92. The first-order valence-corrected chi connectivity index (χ1v) is 13.3. The number of anilines is 1. The number of hydrogen-bond donors (Lipinski definition) is 2. The second kappa shape index (κ2) is 14.1. The summed E-state index contributed by atoms with van der Waals surface area (Å²) in [4.78, 5) is 11.5. The van der Waals surface area contributed by atoms with Crippen LogP contribution >= 0.6 is 0 Å². The highest BCUT2D eigenvalue weighted by Crippen LogP contribution is 2.42. The van der Waals surface area contributed by atoms with Crippen molar-refractivity contribution in [3.8, 4) is 17.2 Å². The molecule has 1 heterocycles. The number of nitrogen functional groups attached to an aromatic ring is 1. The van der Waals surface area contributed by atoms with Gasteiger partial charge in [-0.1, -0.05) is 12.1 Å². The van der Waals surface area contributed by atoms with Gasteiger partial charge in [-0.05, 0) is 91.5 Å². The number of nitrogens with one attached hydrogen (secondary N) is 1. The molecule has 1 amide bonds. The van der Waals surface area contributed by atoms with Crippen LogP contribution in [0.1, 0.15) is 46.3 Å². The Balaban J connectivity index is 0.000000850. The highest BCUT2D eigenvalue weighted by atomic mass is 19.4. The second-order valence-corrected chi connectivity index (χ2v) is 9.75. The van der Waals surface area contributed by atoms with E-state index in [9.17, 15) is 18.0 Å². The van der Waals surface area contributed by atoms with Crippen LogP contribution in [-0.2, 0) is 23.8 Å². The van der Waals surface area contributed by atoms with Crippen molar-refractivity contribution >= 4 is 12.1 Å². The van der Waals surface area contributed by atoms with E-state index >= 15 is 0 Å². The Morgan fingerprint density at radius 3 is 2.34 bits per heavy atom. The highest BCUT2D eigenvalue weighted by molar-refractivity contribution is 5.54. The van der Waals surface area contributed by atoms with Gasteiger partial charge in [0.15, 0.2) is 11.5 Å². The van der Waals surface area contributed by atoms with Gasteiger partial charge in [-0.15, -0.1) is 0 Å². The van der Waals surface area contributed by atoms with Crippen molar-refractivity contribution in [2.75, 3.05) is 46.7 Å². The third-order valence-electron chi connectivity index (χ3n) is 7.02. The normalized spacial score (nSPS) is 14.8. The number of alkyl halides is 3. The number of nitrogens with zero attached hydrogens (tertiary/aromatic N) is 1. The van der Waals surface area contributed by atoms with E-state index < -0.39 is 11.7 Å². The molecule has 1 aliphatic heterocycles. The molecule has 3 aromatic rings. The summed E-state index contributed by atoms with van der Waals surface area (Å²) in [7, 11) is 5.17. The van der Waals surface area contributed by atoms with E-state index in [1.807, 2.05) is 38.2 Å². The topological polar surface area (TPSA) is 86.1 Å². The first-order chi connectivity index (χ1) is 19.5. The molecule has 1 unspecified atom stereocenters. The van der Waals surface area contributed by atoms with Crippen LogP contribution < -0.4 is 25.3 Å². The number of ether oxygens (including phenoxy) is 3. The molecule has 0 aromatic heterocycles. The summed E-state index contributed by atoms with van der Waals surface area (Å²) in [6, 6.07) is 13.4. The zero-order valence-corrected chi connectivity index (χ0v) is 24.1. The number of likely N-dealkylation sites (N-methyl/N-ethyl adjacent to an activating group) is 1. The number of fused-ring (bicyclic) bond motifs is 1. The SMILES string of the molecule is CCNC=O.COc1cc(CCOc2cc3c(cc2OC)CCN(C)C3c2ccc(C(F)(F)F)cc2C)ccc1N. The molecule has 41 heavy (non-hydrogen) atoms. The molecule has 3 N–H and O–H groups in total. The number of carbonyl (C=O) groups is 1. The number of amides is 1. The van der Waals surface area contributed by atoms with Crippen LogP contribution in [0.3, 0.4) is 0 Å². The van der Waals surface area contributed by atoms with Gasteiger partial charge in [0.25, 0.3) is 0 Å². The van der Waals surface area contributed by atoms with Gasteiger partial charge >= 0.3 is 6.18 Å². The Kier molecular flexibility index (Phi) is 10.9. The number of carbonyl (C=O) groups excluding carboxylic acids is 1. The van der Waals surface area contributed by atoms with Crippen LogP contribution in [-0.4, -0.2) is 52.3 Å². The number of methoxy groups -OCH3 is 2. The maximum Gasteiger partial charge on any atom is 0.416 e. The predicted octanol–water partition coefficient (Wildman–Crippen LogP) is 5.56. The molecule has 0 spiro atoms. The average Bonchev–Trinajstić information content (AvgIpc) is 2.94. The summed E-state index contributed by atoms with van der Waals surface area (Å²) in [5.74, 6) is 1.86. The fourth-order valence-corrected chi connectivity index (χ4v) is 4.86. The van der Waals surface area contributed by atoms with Crippen molar-refractivity contribution in [3.63, 3.8) is 0 Å². The van der Waals surface area contributed by atoms with Crippen LogP contribution in [0.25, 0.3) is 0 Å². The molecule has 0 radical (unpaired) electrons. The van der Waals surface area contributed by atoms with E-state index in [1.165, 1.54) is 6.07 Å². The van der Waals surface area contributed by atoms with E-state index in [4.69, 9.17) is 19.9 Å². The quantitative estimate of drug-likeness (QED) is 0.257. The van der Waals surface area contributed by atoms with Crippen LogP contribution in [0.4, 0.5) is 18.9 Å². The van der Waals surface area contributed by atoms with E-state index in [-0.39, 0.29) is 6.04 Å². The first-order valence-electron chi connectivity index (χ1n) is 13.3. The van der Waals surface area contributed by atoms with Gasteiger partial charge in [0.2, 0.25) is 6.41 Å². The minimum atomic E-state index is -4.37. The monoisotopic (exact) mass is 573 g/mol. The Bertz CT molecular complexity index is 1330. The summed E-state index contributed by atoms with van der Waals surface area (Å²) in [6.45, 7) is 5.51. The van der Waals surface area contributed by atoms with Crippen LogP contribution in [0.5, 0.6) is 17.2 Å². The van der Waals surface area contributed by atoms with Gasteiger partial charge in [0.1, 0.15) is 5.75 Å². The third kappa shape index (κ3) is 7.85. The molecule has 0 aliphatic carbocycles. The number of aryl methyl sites for hydroxylation is 1. The summed E-state index contributed by atoms with van der Waals surface area (Å²) in [5, 5.41) is 2.43. The lowest BCUT2D eigenvalue weighted by Gasteiger charge is -2.36. The van der Waals surface area contributed by atoms with Crippen LogP contribution in [0, 0.1) is 6.92 Å². The molecule has 1 aliphatic rings. The Labute approximate surface area is 239 Å². The number of halogens is 3. The van der Waals surface area contributed by atoms with Gasteiger partial charge in [-0.2, -0.15) is 13.2 Å². The van der Waals surface area contributed by atoms with Crippen LogP contribution in [0.15, 0.2) is 48.5 Å². The average molecular weight is 574 g/mol. The van der Waals surface area contributed by atoms with Crippen molar-refractivity contribution in [3.05, 3.63) is 81.9 Å². The maximum atomic E-state index is 13.2. The lowest BCUT2D eigenvalue weighted by Crippen LogP contribution is -2.33. The standard InChI is InChI=1S/C28H31F3N2O3.C3H7NO/c1-17-13-20(28(29,30)31)6-7-21(17)27-22-16-26(25(35-4)15-19(22)9-11-33(27)2)36-12-10-18-5-8-23(32)24(14-18)34-3;1-2-4-3-5/h5-8,13-16,27H,9-12,32H2,1-4H3;3H,2H2,1H3,(H,4,5). The largest absolute Gasteiger partial charge is 0.495 e. The Morgan fingerprint density at radius 1 is 1.02 bits per heavy atom. The first kappa shape index (κ1) is 31.6. The molecular weight excluding hydrogens is 535 g/mol. The minimum absolute atomic E-state index is 0.189. The lowest BCUT2D eigenvalue weighted by atomic mass is 9.86. The number of hydrogen-bond acceptors (Lipinski definition) is 6. The number of nitrogens with two attached hydrogens (primary N) is 1. The summed E-state index contributed by atoms with van der Waals surface area (Å²) < 4.78 is 56.8. The van der Waals surface area contributed by atoms with Crippen molar-refractivity contribution < 1.29 is 32.2 Å². The lowest BCUT2D eigenvalue weighted by molar-refractivity contribution is -0.137. The maximum absolute atomic E-state index is 13.2. The fourth-order valence-electron chi connectivity index (χ4n) is 4.86. The zero-order valence-electron chi connectivity index (χ0n) is 24.1. The van der Waals surface area contributed by atoms with E-state index in [1.54, 1.807) is 33.3 Å². The molecule has 4 rings (SSSR count). The molecule has 0 saturated carbocycles. The molecule has 7 nitrogen and oxygen atoms in total. The van der Waals surface area contributed by atoms with E-state index in [2.05, 4.69) is 10.2 Å². The molecular formula is C31H38F3N3O4. The van der Waals surface area contributed by atoms with Gasteiger partial charge in [-0.25, -0.2) is 0 Å². The van der Waals surface area contributed by atoms with Crippen molar-refractivity contribution in [2.24, 2.45) is 0 Å². The molecule has 0 saturated heterocycles. The predicted molar refractivity (Wildman–Crippen MR) is 154 cm³/mol. The van der Waals surface area contributed by atoms with Gasteiger partial charge in [0.05, 0.1) is 38.1 Å². The second-order valence-electron chi connectivity index (χ2n) is 9.75. The summed E-state index contributed by atoms with van der Waals surface area (Å²) in [6.07, 6.45) is -2.25. The molecule has 0 bridgehead atoms. The number of benzene rings is 3. The van der Waals surface area contributed by atoms with Crippen molar-refractivity contribution in [1.82, 2.24) is 10.2 Å². The van der Waals surface area contributed by atoms with Crippen LogP contribution in [0.2, 0.25) is 0 Å². The molecule has 0 fully saturated rings. The molecule has 3 aromatic carbocycles. The van der Waals surface area contributed by atoms with Gasteiger partial charge in [-0.3, -0.25) is 9.69 Å². The zero-order chi connectivity index (χ0) is 30.2. The Morgan fingerprint density at radius 2 is 1.76 bits per heavy atom. The van der Waals surface area contributed by atoms with E-state index in [0.717, 1.165) is 47.8 Å². The summed E-state index contributed by atoms with van der Waals surface area (Å²) in [5.41, 5.74) is 10.4. The smallest absolute Gasteiger partial charge is 0.416 e. The minimum Gasteiger partial charge on any atom is -0.495 e. The van der Waals surface area contributed by atoms with Crippen molar-refractivity contribution in [2.45, 2.75) is 38.9 Å². The third-order valence-corrected chi connectivity index (χ3v) is 7.02. The van der Waals surface area contributed by atoms with Crippen molar-refractivity contribution in [1.29, 1.82) is 0 Å².